The van der Waals surface area contributed by atoms with E-state index in [1.54, 1.807) is 19.2 Å². The molecule has 1 aliphatic rings. The van der Waals surface area contributed by atoms with Gasteiger partial charge in [-0.05, 0) is 18.2 Å². The maximum Gasteiger partial charge on any atom is 0.243 e. The Labute approximate surface area is 165 Å². The number of benzene rings is 1. The molecule has 3 rings (SSSR count). The van der Waals surface area contributed by atoms with Crippen LogP contribution in [0.25, 0.3) is 0 Å². The number of ether oxygens (including phenoxy) is 1. The van der Waals surface area contributed by atoms with Gasteiger partial charge in [-0.25, -0.2) is 8.42 Å². The molecule has 1 fully saturated rings. The van der Waals surface area contributed by atoms with Gasteiger partial charge in [0, 0.05) is 25.8 Å². The first-order valence-electron chi connectivity index (χ1n) is 8.11. The van der Waals surface area contributed by atoms with Gasteiger partial charge >= 0.3 is 0 Å². The molecule has 1 amide bonds. The van der Waals surface area contributed by atoms with Crippen molar-refractivity contribution < 1.29 is 17.9 Å². The summed E-state index contributed by atoms with van der Waals surface area (Å²) in [4.78, 5) is 12.3. The van der Waals surface area contributed by atoms with Crippen LogP contribution >= 0.6 is 23.1 Å². The van der Waals surface area contributed by atoms with Gasteiger partial charge in [0.05, 0.1) is 23.9 Å². The number of sulfonamides is 1. The third-order valence-electron chi connectivity index (χ3n) is 3.67. The zero-order valence-corrected chi connectivity index (χ0v) is 17.0. The fraction of sp³-hybridized carbons (Fsp3) is 0.400. The van der Waals surface area contributed by atoms with E-state index in [4.69, 9.17) is 4.74 Å². The highest BCUT2D eigenvalue weighted by molar-refractivity contribution is 8.01. The lowest BCUT2D eigenvalue weighted by molar-refractivity contribution is -0.113. The maximum atomic E-state index is 12.7. The number of carbonyl (C=O) groups excluding carboxylic acids is 1. The Balaban J connectivity index is 1.62. The van der Waals surface area contributed by atoms with Gasteiger partial charge in [0.2, 0.25) is 21.1 Å². The molecule has 1 aromatic carbocycles. The van der Waals surface area contributed by atoms with Crippen LogP contribution < -0.4 is 10.6 Å². The summed E-state index contributed by atoms with van der Waals surface area (Å²) < 4.78 is 32.7. The van der Waals surface area contributed by atoms with Crippen LogP contribution in [0.1, 0.15) is 0 Å². The molecule has 0 radical (unpaired) electrons. The lowest BCUT2D eigenvalue weighted by atomic mass is 10.3. The van der Waals surface area contributed by atoms with E-state index in [2.05, 4.69) is 20.8 Å². The van der Waals surface area contributed by atoms with Gasteiger partial charge in [-0.2, -0.15) is 4.31 Å². The molecule has 2 aromatic rings. The molecule has 0 spiro atoms. The summed E-state index contributed by atoms with van der Waals surface area (Å²) in [5.74, 6) is -0.0965. The first-order chi connectivity index (χ1) is 13.0. The predicted molar refractivity (Wildman–Crippen MR) is 105 cm³/mol. The Morgan fingerprint density at radius 3 is 2.81 bits per heavy atom. The topological polar surface area (TPSA) is 114 Å². The summed E-state index contributed by atoms with van der Waals surface area (Å²) in [6.07, 6.45) is 0. The van der Waals surface area contributed by atoms with Crippen molar-refractivity contribution in [2.24, 2.45) is 0 Å². The highest BCUT2D eigenvalue weighted by atomic mass is 32.2. The van der Waals surface area contributed by atoms with Gasteiger partial charge in [0.15, 0.2) is 4.34 Å². The molecule has 0 atom stereocenters. The first kappa shape index (κ1) is 20.0. The summed E-state index contributed by atoms with van der Waals surface area (Å²) >= 11 is 2.63. The second kappa shape index (κ2) is 8.97. The minimum absolute atomic E-state index is 0.151. The lowest BCUT2D eigenvalue weighted by Crippen LogP contribution is -2.40. The average molecular weight is 430 g/mol. The van der Waals surface area contributed by atoms with Crippen LogP contribution in [0.5, 0.6) is 0 Å². The second-order valence-electron chi connectivity index (χ2n) is 5.50. The molecule has 1 saturated heterocycles. The molecule has 9 nitrogen and oxygen atoms in total. The third-order valence-corrected chi connectivity index (χ3v) is 7.64. The molecule has 146 valence electrons. The van der Waals surface area contributed by atoms with Crippen LogP contribution in [-0.2, 0) is 19.6 Å². The number of amides is 1. The van der Waals surface area contributed by atoms with Crippen LogP contribution in [0.2, 0.25) is 0 Å². The number of nitrogens with one attached hydrogen (secondary N) is 2. The molecule has 0 bridgehead atoms. The molecule has 1 aromatic heterocycles. The van der Waals surface area contributed by atoms with Gasteiger partial charge in [0.25, 0.3) is 0 Å². The van der Waals surface area contributed by atoms with E-state index in [0.717, 1.165) is 0 Å². The van der Waals surface area contributed by atoms with Crippen molar-refractivity contribution in [2.75, 3.05) is 49.7 Å². The van der Waals surface area contributed by atoms with Gasteiger partial charge in [-0.3, -0.25) is 4.79 Å². The standard InChI is InChI=1S/C15H19N5O4S3/c1-16-14-18-19-15(26-14)25-10-13(21)17-11-3-2-4-12(9-11)27(22,23)20-5-7-24-8-6-20/h2-4,9H,5-8,10H2,1H3,(H,16,18)(H,17,21). The molecule has 0 saturated carbocycles. The van der Waals surface area contributed by atoms with Gasteiger partial charge in [0.1, 0.15) is 0 Å². The molecular weight excluding hydrogens is 410 g/mol. The number of aromatic nitrogens is 2. The summed E-state index contributed by atoms with van der Waals surface area (Å²) in [6, 6.07) is 6.26. The van der Waals surface area contributed by atoms with Crippen molar-refractivity contribution in [3.8, 4) is 0 Å². The van der Waals surface area contributed by atoms with Crippen molar-refractivity contribution in [2.45, 2.75) is 9.24 Å². The Morgan fingerprint density at radius 1 is 1.33 bits per heavy atom. The van der Waals surface area contributed by atoms with Crippen molar-refractivity contribution in [1.82, 2.24) is 14.5 Å². The fourth-order valence-corrected chi connectivity index (χ4v) is 5.32. The number of hydrogen-bond donors (Lipinski definition) is 2. The van der Waals surface area contributed by atoms with E-state index in [1.165, 1.54) is 39.5 Å². The van der Waals surface area contributed by atoms with E-state index in [0.29, 0.717) is 41.5 Å². The highest BCUT2D eigenvalue weighted by Crippen LogP contribution is 2.25. The number of carbonyl (C=O) groups is 1. The zero-order valence-electron chi connectivity index (χ0n) is 14.5. The first-order valence-corrected chi connectivity index (χ1v) is 11.3. The van der Waals surface area contributed by atoms with Crippen LogP contribution in [0.15, 0.2) is 33.5 Å². The predicted octanol–water partition coefficient (Wildman–Crippen LogP) is 1.33. The van der Waals surface area contributed by atoms with E-state index in [-0.39, 0.29) is 16.6 Å². The highest BCUT2D eigenvalue weighted by Gasteiger charge is 2.26. The average Bonchev–Trinajstić information content (AvgIpc) is 3.15. The Kier molecular flexibility index (Phi) is 6.65. The monoisotopic (exact) mass is 429 g/mol. The van der Waals surface area contributed by atoms with E-state index >= 15 is 0 Å². The Bertz CT molecular complexity index is 896. The normalized spacial score (nSPS) is 15.4. The molecule has 2 heterocycles. The molecular formula is C15H19N5O4S3. The number of anilines is 2. The van der Waals surface area contributed by atoms with E-state index in [9.17, 15) is 13.2 Å². The Hall–Kier alpha value is -1.73. The molecule has 12 heteroatoms. The number of thioether (sulfide) groups is 1. The summed E-state index contributed by atoms with van der Waals surface area (Å²) in [5.41, 5.74) is 0.433. The number of rotatable bonds is 7. The fourth-order valence-electron chi connectivity index (χ4n) is 2.36. The van der Waals surface area contributed by atoms with Gasteiger partial charge < -0.3 is 15.4 Å². The largest absolute Gasteiger partial charge is 0.379 e. The van der Waals surface area contributed by atoms with Crippen molar-refractivity contribution >= 4 is 49.8 Å². The smallest absolute Gasteiger partial charge is 0.243 e. The van der Waals surface area contributed by atoms with Crippen LogP contribution in [-0.4, -0.2) is 67.9 Å². The summed E-state index contributed by atoms with van der Waals surface area (Å²) in [7, 11) is -1.85. The quantitative estimate of drug-likeness (QED) is 0.634. The molecule has 0 aliphatic carbocycles. The number of nitrogens with zero attached hydrogens (tertiary/aromatic N) is 3. The molecule has 0 unspecified atom stereocenters. The SMILES string of the molecule is CNc1nnc(SCC(=O)Nc2cccc(S(=O)(=O)N3CCOCC3)c2)s1. The molecule has 2 N–H and O–H groups in total. The summed E-state index contributed by atoms with van der Waals surface area (Å²) in [6.45, 7) is 1.42. The minimum atomic E-state index is -3.60. The molecule has 27 heavy (non-hydrogen) atoms. The van der Waals surface area contributed by atoms with E-state index < -0.39 is 10.0 Å². The minimum Gasteiger partial charge on any atom is -0.379 e. The lowest BCUT2D eigenvalue weighted by Gasteiger charge is -2.26. The molecule has 1 aliphatic heterocycles. The maximum absolute atomic E-state index is 12.7. The third kappa shape index (κ3) is 5.17. The zero-order chi connectivity index (χ0) is 19.3. The van der Waals surface area contributed by atoms with Gasteiger partial charge in [-0.1, -0.05) is 29.2 Å². The number of hydrogen-bond acceptors (Lipinski definition) is 9. The Morgan fingerprint density at radius 2 is 2.11 bits per heavy atom. The summed E-state index contributed by atoms with van der Waals surface area (Å²) in [5, 5.41) is 14.1. The van der Waals surface area contributed by atoms with Crippen molar-refractivity contribution in [3.05, 3.63) is 24.3 Å². The van der Waals surface area contributed by atoms with Crippen LogP contribution in [0.3, 0.4) is 0 Å². The number of morpholine rings is 1. The second-order valence-corrected chi connectivity index (χ2v) is 9.64. The van der Waals surface area contributed by atoms with Crippen molar-refractivity contribution in [3.63, 3.8) is 0 Å². The van der Waals surface area contributed by atoms with Crippen LogP contribution in [0.4, 0.5) is 10.8 Å². The van der Waals surface area contributed by atoms with Crippen molar-refractivity contribution in [1.29, 1.82) is 0 Å². The van der Waals surface area contributed by atoms with Gasteiger partial charge in [-0.15, -0.1) is 10.2 Å². The van der Waals surface area contributed by atoms with Crippen LogP contribution in [0, 0.1) is 0 Å². The van der Waals surface area contributed by atoms with E-state index in [1.807, 2.05) is 0 Å².